The highest BCUT2D eigenvalue weighted by Crippen LogP contribution is 2.38. The third kappa shape index (κ3) is 1.87. The summed E-state index contributed by atoms with van der Waals surface area (Å²) in [6.45, 7) is 2.26. The maximum atomic E-state index is 11.4. The largest absolute Gasteiger partial charge is 0.462 e. The number of fused-ring (bicyclic) bond motifs is 1. The molecule has 0 saturated heterocycles. The normalized spacial score (nSPS) is 12.7. The number of ether oxygens (including phenoxy) is 3. The molecular weight excluding hydrogens is 216 g/mol. The van der Waals surface area contributed by atoms with E-state index in [9.17, 15) is 4.79 Å². The number of hydrogen-bond donors (Lipinski definition) is 1. The minimum Gasteiger partial charge on any atom is -0.462 e. The summed E-state index contributed by atoms with van der Waals surface area (Å²) >= 11 is 4.21. The van der Waals surface area contributed by atoms with Crippen LogP contribution in [-0.2, 0) is 4.74 Å². The van der Waals surface area contributed by atoms with Gasteiger partial charge in [0, 0.05) is 0 Å². The minimum atomic E-state index is -0.383. The van der Waals surface area contributed by atoms with Crippen molar-refractivity contribution >= 4 is 18.6 Å². The first-order chi connectivity index (χ1) is 7.22. The average Bonchev–Trinajstić information content (AvgIpc) is 2.66. The molecule has 1 aromatic rings. The first-order valence-corrected chi connectivity index (χ1v) is 4.97. The number of esters is 1. The molecule has 0 fully saturated rings. The lowest BCUT2D eigenvalue weighted by Crippen LogP contribution is -2.04. The summed E-state index contributed by atoms with van der Waals surface area (Å²) in [5, 5.41) is 0. The zero-order valence-corrected chi connectivity index (χ0v) is 9.04. The quantitative estimate of drug-likeness (QED) is 0.617. The van der Waals surface area contributed by atoms with Gasteiger partial charge in [-0.1, -0.05) is 0 Å². The topological polar surface area (TPSA) is 44.8 Å². The zero-order valence-electron chi connectivity index (χ0n) is 8.15. The zero-order chi connectivity index (χ0) is 10.8. The van der Waals surface area contributed by atoms with Crippen molar-refractivity contribution in [2.24, 2.45) is 0 Å². The molecule has 1 aromatic carbocycles. The molecule has 0 radical (unpaired) electrons. The number of rotatable bonds is 2. The third-order valence-electron chi connectivity index (χ3n) is 1.96. The van der Waals surface area contributed by atoms with Crippen molar-refractivity contribution in [3.05, 3.63) is 17.7 Å². The Morgan fingerprint density at radius 3 is 3.07 bits per heavy atom. The first kappa shape index (κ1) is 10.2. The Kier molecular flexibility index (Phi) is 2.73. The molecule has 0 atom stereocenters. The van der Waals surface area contributed by atoms with Gasteiger partial charge in [0.05, 0.1) is 17.1 Å². The molecule has 5 heteroatoms. The van der Waals surface area contributed by atoms with Gasteiger partial charge >= 0.3 is 5.97 Å². The van der Waals surface area contributed by atoms with Crippen LogP contribution in [0.4, 0.5) is 0 Å². The molecule has 0 unspecified atom stereocenters. The molecule has 1 heterocycles. The average molecular weight is 226 g/mol. The monoisotopic (exact) mass is 226 g/mol. The number of carbonyl (C=O) groups is 1. The molecule has 0 saturated carbocycles. The van der Waals surface area contributed by atoms with Crippen molar-refractivity contribution in [1.29, 1.82) is 0 Å². The van der Waals surface area contributed by atoms with Gasteiger partial charge in [0.1, 0.15) is 0 Å². The lowest BCUT2D eigenvalue weighted by molar-refractivity contribution is 0.0525. The van der Waals surface area contributed by atoms with Crippen LogP contribution in [0.15, 0.2) is 17.0 Å². The van der Waals surface area contributed by atoms with E-state index < -0.39 is 0 Å². The summed E-state index contributed by atoms with van der Waals surface area (Å²) in [5.74, 6) is 0.725. The van der Waals surface area contributed by atoms with Crippen LogP contribution in [0.25, 0.3) is 0 Å². The van der Waals surface area contributed by atoms with Gasteiger partial charge in [-0.15, -0.1) is 12.6 Å². The lowest BCUT2D eigenvalue weighted by atomic mass is 10.2. The lowest BCUT2D eigenvalue weighted by Gasteiger charge is -2.04. The summed E-state index contributed by atoms with van der Waals surface area (Å²) in [4.78, 5) is 12.0. The molecular formula is C10H10O4S. The van der Waals surface area contributed by atoms with Crippen LogP contribution >= 0.6 is 12.6 Å². The van der Waals surface area contributed by atoms with Gasteiger partial charge in [0.15, 0.2) is 11.5 Å². The highest BCUT2D eigenvalue weighted by atomic mass is 32.1. The number of benzene rings is 1. The molecule has 1 aliphatic heterocycles. The molecule has 15 heavy (non-hydrogen) atoms. The van der Waals surface area contributed by atoms with Crippen LogP contribution in [0.5, 0.6) is 11.5 Å². The summed E-state index contributed by atoms with van der Waals surface area (Å²) in [6.07, 6.45) is 0. The van der Waals surface area contributed by atoms with Gasteiger partial charge < -0.3 is 14.2 Å². The SMILES string of the molecule is CCOC(=O)c1cc(S)c2c(c1)OCO2. The number of thiol groups is 1. The summed E-state index contributed by atoms with van der Waals surface area (Å²) in [6, 6.07) is 3.20. The molecule has 0 N–H and O–H groups in total. The molecule has 80 valence electrons. The Labute approximate surface area is 92.5 Å². The highest BCUT2D eigenvalue weighted by Gasteiger charge is 2.20. The number of hydrogen-bond acceptors (Lipinski definition) is 5. The second-order valence-corrected chi connectivity index (χ2v) is 3.43. The molecule has 0 spiro atoms. The first-order valence-electron chi connectivity index (χ1n) is 4.52. The summed E-state index contributed by atoms with van der Waals surface area (Å²) in [7, 11) is 0. The fourth-order valence-corrected chi connectivity index (χ4v) is 1.64. The van der Waals surface area contributed by atoms with Crippen molar-refractivity contribution in [2.75, 3.05) is 13.4 Å². The molecule has 0 amide bonds. The maximum Gasteiger partial charge on any atom is 0.338 e. The fourth-order valence-electron chi connectivity index (χ4n) is 1.32. The molecule has 2 rings (SSSR count). The van der Waals surface area contributed by atoms with Crippen molar-refractivity contribution in [1.82, 2.24) is 0 Å². The van der Waals surface area contributed by atoms with Gasteiger partial charge in [-0.3, -0.25) is 0 Å². The van der Waals surface area contributed by atoms with Crippen LogP contribution in [0.3, 0.4) is 0 Å². The number of carbonyl (C=O) groups excluding carboxylic acids is 1. The Balaban J connectivity index is 2.35. The molecule has 4 nitrogen and oxygen atoms in total. The van der Waals surface area contributed by atoms with Crippen molar-refractivity contribution in [3.8, 4) is 11.5 Å². The van der Waals surface area contributed by atoms with Gasteiger partial charge in [-0.25, -0.2) is 4.79 Å². The van der Waals surface area contributed by atoms with Crippen LogP contribution < -0.4 is 9.47 Å². The van der Waals surface area contributed by atoms with Crippen LogP contribution in [-0.4, -0.2) is 19.4 Å². The Morgan fingerprint density at radius 2 is 2.33 bits per heavy atom. The predicted molar refractivity (Wildman–Crippen MR) is 55.8 cm³/mol. The second-order valence-electron chi connectivity index (χ2n) is 2.95. The molecule has 0 bridgehead atoms. The van der Waals surface area contributed by atoms with E-state index >= 15 is 0 Å². The predicted octanol–water partition coefficient (Wildman–Crippen LogP) is 1.88. The van der Waals surface area contributed by atoms with E-state index in [-0.39, 0.29) is 12.8 Å². The Hall–Kier alpha value is -1.36. The van der Waals surface area contributed by atoms with E-state index in [1.165, 1.54) is 0 Å². The van der Waals surface area contributed by atoms with E-state index in [0.29, 0.717) is 28.6 Å². The van der Waals surface area contributed by atoms with E-state index in [2.05, 4.69) is 12.6 Å². The molecule has 1 aliphatic rings. The van der Waals surface area contributed by atoms with E-state index in [0.717, 1.165) is 0 Å². The van der Waals surface area contributed by atoms with Crippen molar-refractivity contribution < 1.29 is 19.0 Å². The maximum absolute atomic E-state index is 11.4. The van der Waals surface area contributed by atoms with E-state index in [4.69, 9.17) is 14.2 Å². The molecule has 0 aliphatic carbocycles. The van der Waals surface area contributed by atoms with Gasteiger partial charge in [-0.2, -0.15) is 0 Å². The van der Waals surface area contributed by atoms with Crippen molar-refractivity contribution in [2.45, 2.75) is 11.8 Å². The molecule has 0 aromatic heterocycles. The third-order valence-corrected chi connectivity index (χ3v) is 2.30. The Bertz CT molecular complexity index is 403. The highest BCUT2D eigenvalue weighted by molar-refractivity contribution is 7.80. The van der Waals surface area contributed by atoms with Gasteiger partial charge in [0.2, 0.25) is 6.79 Å². The van der Waals surface area contributed by atoms with Crippen molar-refractivity contribution in [3.63, 3.8) is 0 Å². The van der Waals surface area contributed by atoms with Crippen LogP contribution in [0.1, 0.15) is 17.3 Å². The summed E-state index contributed by atoms with van der Waals surface area (Å²) in [5.41, 5.74) is 0.422. The second kappa shape index (κ2) is 4.02. The van der Waals surface area contributed by atoms with E-state index in [1.807, 2.05) is 0 Å². The van der Waals surface area contributed by atoms with Crippen LogP contribution in [0.2, 0.25) is 0 Å². The minimum absolute atomic E-state index is 0.162. The van der Waals surface area contributed by atoms with Gasteiger partial charge in [-0.05, 0) is 19.1 Å². The summed E-state index contributed by atoms with van der Waals surface area (Å²) < 4.78 is 15.2. The standard InChI is InChI=1S/C10H10O4S/c1-2-12-10(11)6-3-7-9(8(15)4-6)14-5-13-7/h3-4,15H,2,5H2,1H3. The smallest absolute Gasteiger partial charge is 0.338 e. The fraction of sp³-hybridized carbons (Fsp3) is 0.300. The van der Waals surface area contributed by atoms with Crippen LogP contribution in [0, 0.1) is 0 Å². The Morgan fingerprint density at radius 1 is 1.53 bits per heavy atom. The van der Waals surface area contributed by atoms with Gasteiger partial charge in [0.25, 0.3) is 0 Å². The van der Waals surface area contributed by atoms with E-state index in [1.54, 1.807) is 19.1 Å².